The van der Waals surface area contributed by atoms with Gasteiger partial charge < -0.3 is 21.1 Å². The van der Waals surface area contributed by atoms with Gasteiger partial charge in [0.25, 0.3) is 5.91 Å². The van der Waals surface area contributed by atoms with Gasteiger partial charge in [-0.25, -0.2) is 0 Å². The number of hydrogen-bond acceptors (Lipinski definition) is 4. The summed E-state index contributed by atoms with van der Waals surface area (Å²) in [5.41, 5.74) is 7.95. The molecule has 0 radical (unpaired) electrons. The number of aliphatic hydroxyl groups is 1. The van der Waals surface area contributed by atoms with Gasteiger partial charge in [-0.15, -0.1) is 0 Å². The fourth-order valence-corrected chi connectivity index (χ4v) is 2.74. The van der Waals surface area contributed by atoms with Gasteiger partial charge in [0.1, 0.15) is 0 Å². The van der Waals surface area contributed by atoms with Gasteiger partial charge in [0.15, 0.2) is 0 Å². The highest BCUT2D eigenvalue weighted by Gasteiger charge is 2.22. The maximum absolute atomic E-state index is 11.9. The highest BCUT2D eigenvalue weighted by atomic mass is 16.3. The Morgan fingerprint density at radius 1 is 1.29 bits per heavy atom. The van der Waals surface area contributed by atoms with Crippen LogP contribution in [0.2, 0.25) is 0 Å². The topological polar surface area (TPSA) is 78.6 Å². The van der Waals surface area contributed by atoms with Crippen molar-refractivity contribution in [1.29, 1.82) is 0 Å². The van der Waals surface area contributed by atoms with Gasteiger partial charge >= 0.3 is 0 Å². The van der Waals surface area contributed by atoms with E-state index in [9.17, 15) is 9.90 Å². The van der Waals surface area contributed by atoms with E-state index in [0.29, 0.717) is 11.3 Å². The Kier molecular flexibility index (Phi) is 5.07. The summed E-state index contributed by atoms with van der Waals surface area (Å²) in [5, 5.41) is 13.5. The van der Waals surface area contributed by atoms with Crippen molar-refractivity contribution in [3.05, 3.63) is 23.8 Å². The number of nitrogens with zero attached hydrogens (tertiary/aromatic N) is 1. The Morgan fingerprint density at radius 3 is 2.67 bits per heavy atom. The fourth-order valence-electron chi connectivity index (χ4n) is 2.74. The van der Waals surface area contributed by atoms with E-state index in [1.54, 1.807) is 26.2 Å². The number of carbonyl (C=O) groups is 1. The van der Waals surface area contributed by atoms with Crippen LogP contribution in [0.25, 0.3) is 0 Å². The molecular formula is C16H25N3O2. The first-order chi connectivity index (χ1) is 9.99. The second kappa shape index (κ2) is 6.80. The molecule has 1 saturated carbocycles. The van der Waals surface area contributed by atoms with E-state index in [1.165, 1.54) is 11.3 Å². The van der Waals surface area contributed by atoms with Gasteiger partial charge in [0.2, 0.25) is 0 Å². The van der Waals surface area contributed by atoms with Gasteiger partial charge in [-0.2, -0.15) is 0 Å². The molecule has 1 aliphatic carbocycles. The lowest BCUT2D eigenvalue weighted by Gasteiger charge is -2.24. The minimum atomic E-state index is -0.338. The molecule has 2 rings (SSSR count). The quantitative estimate of drug-likeness (QED) is 0.588. The highest BCUT2D eigenvalue weighted by Crippen LogP contribution is 2.26. The zero-order valence-electron chi connectivity index (χ0n) is 12.8. The van der Waals surface area contributed by atoms with Crippen LogP contribution in [-0.2, 0) is 0 Å². The van der Waals surface area contributed by atoms with Gasteiger partial charge in [-0.05, 0) is 31.0 Å². The van der Waals surface area contributed by atoms with Crippen LogP contribution in [0.4, 0.5) is 11.4 Å². The van der Waals surface area contributed by atoms with Crippen molar-refractivity contribution in [2.45, 2.75) is 44.2 Å². The van der Waals surface area contributed by atoms with E-state index in [1.807, 2.05) is 6.07 Å². The molecule has 5 heteroatoms. The third-order valence-corrected chi connectivity index (χ3v) is 4.03. The molecule has 1 fully saturated rings. The lowest BCUT2D eigenvalue weighted by Crippen LogP contribution is -2.32. The molecule has 21 heavy (non-hydrogen) atoms. The average molecular weight is 291 g/mol. The molecule has 2 unspecified atom stereocenters. The molecule has 2 atom stereocenters. The van der Waals surface area contributed by atoms with Gasteiger partial charge in [0, 0.05) is 19.7 Å². The Morgan fingerprint density at radius 2 is 2.00 bits per heavy atom. The van der Waals surface area contributed by atoms with E-state index in [-0.39, 0.29) is 18.1 Å². The molecule has 0 saturated heterocycles. The predicted octanol–water partition coefficient (Wildman–Crippen LogP) is 2.08. The van der Waals surface area contributed by atoms with Crippen molar-refractivity contribution in [3.8, 4) is 0 Å². The lowest BCUT2D eigenvalue weighted by molar-refractivity contribution is 0.0827. The number of amides is 1. The number of anilines is 2. The number of rotatable bonds is 3. The minimum Gasteiger partial charge on any atom is -0.397 e. The number of benzene rings is 1. The first-order valence-corrected chi connectivity index (χ1v) is 7.55. The van der Waals surface area contributed by atoms with Gasteiger partial charge in [-0.3, -0.25) is 4.79 Å². The van der Waals surface area contributed by atoms with Gasteiger partial charge in [0.05, 0.1) is 23.5 Å². The monoisotopic (exact) mass is 291 g/mol. The lowest BCUT2D eigenvalue weighted by atomic mass is 10.0. The van der Waals surface area contributed by atoms with Crippen LogP contribution in [0, 0.1) is 0 Å². The number of nitrogens with two attached hydrogens (primary N) is 1. The minimum absolute atomic E-state index is 0.0326. The van der Waals surface area contributed by atoms with E-state index in [4.69, 9.17) is 5.73 Å². The second-order valence-electron chi connectivity index (χ2n) is 5.96. The zero-order chi connectivity index (χ0) is 15.4. The largest absolute Gasteiger partial charge is 0.397 e. The summed E-state index contributed by atoms with van der Waals surface area (Å²) in [6, 6.07) is 5.31. The standard InChI is InChI=1S/C16H25N3O2/c1-19(2)16(21)11-8-9-13(12(17)10-11)18-14-6-4-3-5-7-15(14)20/h8-10,14-15,18,20H,3-7,17H2,1-2H3. The summed E-state index contributed by atoms with van der Waals surface area (Å²) in [7, 11) is 3.43. The van der Waals surface area contributed by atoms with Crippen LogP contribution in [0.1, 0.15) is 42.5 Å². The summed E-state index contributed by atoms with van der Waals surface area (Å²) in [6.07, 6.45) is 4.79. The molecule has 1 aliphatic rings. The number of nitrogens with one attached hydrogen (secondary N) is 1. The Hall–Kier alpha value is -1.75. The van der Waals surface area contributed by atoms with E-state index in [2.05, 4.69) is 5.32 Å². The molecular weight excluding hydrogens is 266 g/mol. The van der Waals surface area contributed by atoms with Crippen molar-refractivity contribution >= 4 is 17.3 Å². The van der Waals surface area contributed by atoms with Crippen LogP contribution < -0.4 is 11.1 Å². The van der Waals surface area contributed by atoms with Crippen molar-refractivity contribution in [2.75, 3.05) is 25.1 Å². The summed E-state index contributed by atoms with van der Waals surface area (Å²) < 4.78 is 0. The van der Waals surface area contributed by atoms with Crippen LogP contribution in [0.3, 0.4) is 0 Å². The molecule has 0 aromatic heterocycles. The highest BCUT2D eigenvalue weighted by molar-refractivity contribution is 5.95. The summed E-state index contributed by atoms with van der Waals surface area (Å²) in [6.45, 7) is 0. The number of carbonyl (C=O) groups excluding carboxylic acids is 1. The van der Waals surface area contributed by atoms with Crippen molar-refractivity contribution in [2.24, 2.45) is 0 Å². The fraction of sp³-hybridized carbons (Fsp3) is 0.562. The third-order valence-electron chi connectivity index (χ3n) is 4.03. The molecule has 0 aliphatic heterocycles. The Labute approximate surface area is 126 Å². The molecule has 116 valence electrons. The van der Waals surface area contributed by atoms with Crippen molar-refractivity contribution < 1.29 is 9.90 Å². The van der Waals surface area contributed by atoms with E-state index < -0.39 is 0 Å². The normalized spacial score (nSPS) is 22.4. The average Bonchev–Trinajstić information content (AvgIpc) is 2.65. The molecule has 4 N–H and O–H groups in total. The molecule has 5 nitrogen and oxygen atoms in total. The molecule has 1 aromatic rings. The number of hydrogen-bond donors (Lipinski definition) is 3. The third kappa shape index (κ3) is 3.88. The predicted molar refractivity (Wildman–Crippen MR) is 85.4 cm³/mol. The summed E-state index contributed by atoms with van der Waals surface area (Å²) in [5.74, 6) is -0.0669. The molecule has 0 bridgehead atoms. The SMILES string of the molecule is CN(C)C(=O)c1ccc(NC2CCCCCC2O)c(N)c1. The molecule has 0 heterocycles. The Bertz CT molecular complexity index is 502. The second-order valence-corrected chi connectivity index (χ2v) is 5.96. The van der Waals surface area contributed by atoms with Crippen molar-refractivity contribution in [3.63, 3.8) is 0 Å². The maximum Gasteiger partial charge on any atom is 0.253 e. The van der Waals surface area contributed by atoms with Crippen LogP contribution in [0.5, 0.6) is 0 Å². The summed E-state index contributed by atoms with van der Waals surface area (Å²) in [4.78, 5) is 13.4. The first-order valence-electron chi connectivity index (χ1n) is 7.55. The zero-order valence-corrected chi connectivity index (χ0v) is 12.8. The van der Waals surface area contributed by atoms with Gasteiger partial charge in [-0.1, -0.05) is 19.3 Å². The van der Waals surface area contributed by atoms with Crippen molar-refractivity contribution in [1.82, 2.24) is 4.90 Å². The van der Waals surface area contributed by atoms with Crippen LogP contribution in [0.15, 0.2) is 18.2 Å². The molecule has 1 aromatic carbocycles. The van der Waals surface area contributed by atoms with E-state index in [0.717, 1.165) is 31.4 Å². The molecule has 1 amide bonds. The van der Waals surface area contributed by atoms with E-state index >= 15 is 0 Å². The smallest absolute Gasteiger partial charge is 0.253 e. The van der Waals surface area contributed by atoms with Crippen LogP contribution >= 0.6 is 0 Å². The number of nitrogen functional groups attached to an aromatic ring is 1. The summed E-state index contributed by atoms with van der Waals surface area (Å²) >= 11 is 0. The first kappa shape index (κ1) is 15.6. The van der Waals surface area contributed by atoms with Crippen LogP contribution in [-0.4, -0.2) is 42.2 Å². The number of aliphatic hydroxyl groups excluding tert-OH is 1. The maximum atomic E-state index is 11.9. The molecule has 0 spiro atoms. The Balaban J connectivity index is 2.11.